The molecule has 1 aliphatic rings. The summed E-state index contributed by atoms with van der Waals surface area (Å²) in [5, 5.41) is 5.44. The number of rotatable bonds is 11. The summed E-state index contributed by atoms with van der Waals surface area (Å²) in [5.74, 6) is 0.907. The number of nitrogens with zero attached hydrogens (tertiary/aromatic N) is 1. The highest BCUT2D eigenvalue weighted by molar-refractivity contribution is 5.96. The molecule has 0 atom stereocenters. The van der Waals surface area contributed by atoms with E-state index in [2.05, 4.69) is 15.5 Å². The van der Waals surface area contributed by atoms with Gasteiger partial charge in [0.15, 0.2) is 0 Å². The fraction of sp³-hybridized carbons (Fsp3) is 0.417. The first kappa shape index (κ1) is 23.6. The zero-order chi connectivity index (χ0) is 22.6. The number of carbonyl (C=O) groups excluding carboxylic acids is 2. The van der Waals surface area contributed by atoms with E-state index in [0.717, 1.165) is 44.2 Å². The second-order valence-electron chi connectivity index (χ2n) is 7.37. The number of benzene rings is 2. The van der Waals surface area contributed by atoms with Crippen molar-refractivity contribution >= 4 is 11.8 Å². The van der Waals surface area contributed by atoms with E-state index in [1.54, 1.807) is 24.3 Å². The number of morpholine rings is 1. The fourth-order valence-corrected chi connectivity index (χ4v) is 3.26. The summed E-state index contributed by atoms with van der Waals surface area (Å²) in [6, 6.07) is 14.4. The molecule has 1 fully saturated rings. The third-order valence-electron chi connectivity index (χ3n) is 5.01. The topological polar surface area (TPSA) is 89.1 Å². The molecule has 3 rings (SSSR count). The molecule has 1 aliphatic heterocycles. The van der Waals surface area contributed by atoms with Crippen molar-refractivity contribution in [3.05, 3.63) is 59.7 Å². The molecule has 1 heterocycles. The van der Waals surface area contributed by atoms with Gasteiger partial charge in [-0.05, 0) is 48.9 Å². The molecule has 0 aromatic heterocycles. The predicted molar refractivity (Wildman–Crippen MR) is 121 cm³/mol. The average molecular weight is 442 g/mol. The van der Waals surface area contributed by atoms with Gasteiger partial charge in [0.05, 0.1) is 26.4 Å². The van der Waals surface area contributed by atoms with E-state index in [9.17, 15) is 9.59 Å². The highest BCUT2D eigenvalue weighted by Crippen LogP contribution is 2.14. The first-order valence-electron chi connectivity index (χ1n) is 10.9. The molecule has 0 bridgehead atoms. The van der Waals surface area contributed by atoms with Crippen molar-refractivity contribution in [2.24, 2.45) is 0 Å². The van der Waals surface area contributed by atoms with Crippen LogP contribution in [0.5, 0.6) is 11.5 Å². The lowest BCUT2D eigenvalue weighted by molar-refractivity contribution is -0.120. The predicted octanol–water partition coefficient (Wildman–Crippen LogP) is 1.84. The first-order chi connectivity index (χ1) is 15.6. The summed E-state index contributed by atoms with van der Waals surface area (Å²) in [4.78, 5) is 26.6. The van der Waals surface area contributed by atoms with E-state index in [-0.39, 0.29) is 18.4 Å². The average Bonchev–Trinajstić information content (AvgIpc) is 2.83. The van der Waals surface area contributed by atoms with Crippen molar-refractivity contribution < 1.29 is 23.8 Å². The highest BCUT2D eigenvalue weighted by atomic mass is 16.5. The summed E-state index contributed by atoms with van der Waals surface area (Å²) in [6.07, 6.45) is 0. The lowest BCUT2D eigenvalue weighted by Crippen LogP contribution is -2.38. The molecule has 2 aromatic carbocycles. The first-order valence-corrected chi connectivity index (χ1v) is 10.9. The van der Waals surface area contributed by atoms with Crippen molar-refractivity contribution in [3.8, 4) is 11.5 Å². The number of hydrogen-bond acceptors (Lipinski definition) is 6. The molecule has 2 amide bonds. The molecule has 2 aromatic rings. The Kier molecular flexibility index (Phi) is 9.34. The third kappa shape index (κ3) is 7.86. The second-order valence-corrected chi connectivity index (χ2v) is 7.37. The minimum Gasteiger partial charge on any atom is -0.494 e. The number of hydrogen-bond donors (Lipinski definition) is 2. The van der Waals surface area contributed by atoms with Crippen LogP contribution in [0.25, 0.3) is 0 Å². The Morgan fingerprint density at radius 3 is 2.53 bits per heavy atom. The SMILES string of the molecule is CCOc1ccc(C(=O)NCC(=O)NCc2cccc(OCCN3CCOCC3)c2)cc1. The van der Waals surface area contributed by atoms with Gasteiger partial charge in [0, 0.05) is 31.7 Å². The summed E-state index contributed by atoms with van der Waals surface area (Å²) in [5.41, 5.74) is 1.41. The van der Waals surface area contributed by atoms with Crippen LogP contribution in [-0.4, -0.2) is 69.3 Å². The van der Waals surface area contributed by atoms with Crippen molar-refractivity contribution in [1.29, 1.82) is 0 Å². The molecule has 0 spiro atoms. The fourth-order valence-electron chi connectivity index (χ4n) is 3.26. The van der Waals surface area contributed by atoms with Crippen LogP contribution in [0.4, 0.5) is 0 Å². The van der Waals surface area contributed by atoms with Crippen molar-refractivity contribution in [1.82, 2.24) is 15.5 Å². The Balaban J connectivity index is 1.36. The van der Waals surface area contributed by atoms with Crippen LogP contribution in [0.2, 0.25) is 0 Å². The number of amides is 2. The van der Waals surface area contributed by atoms with Gasteiger partial charge in [-0.3, -0.25) is 14.5 Å². The molecule has 2 N–H and O–H groups in total. The van der Waals surface area contributed by atoms with E-state index < -0.39 is 0 Å². The van der Waals surface area contributed by atoms with Gasteiger partial charge in [-0.2, -0.15) is 0 Å². The van der Waals surface area contributed by atoms with Gasteiger partial charge in [-0.25, -0.2) is 0 Å². The smallest absolute Gasteiger partial charge is 0.251 e. The van der Waals surface area contributed by atoms with Crippen LogP contribution in [0.3, 0.4) is 0 Å². The van der Waals surface area contributed by atoms with Gasteiger partial charge in [-0.1, -0.05) is 12.1 Å². The Bertz CT molecular complexity index is 866. The van der Waals surface area contributed by atoms with Gasteiger partial charge < -0.3 is 24.8 Å². The van der Waals surface area contributed by atoms with E-state index in [1.165, 1.54) is 0 Å². The Labute approximate surface area is 188 Å². The molecule has 172 valence electrons. The molecule has 8 nitrogen and oxygen atoms in total. The Morgan fingerprint density at radius 2 is 1.78 bits per heavy atom. The van der Waals surface area contributed by atoms with Crippen LogP contribution >= 0.6 is 0 Å². The molecule has 8 heteroatoms. The standard InChI is InChI=1S/C24H31N3O5/c1-2-31-21-8-6-20(7-9-21)24(29)26-18-23(28)25-17-19-4-3-5-22(16-19)32-15-12-27-10-13-30-14-11-27/h3-9,16H,2,10-15,17-18H2,1H3,(H,25,28)(H,26,29). The normalized spacial score (nSPS) is 13.9. The molecule has 0 radical (unpaired) electrons. The monoisotopic (exact) mass is 441 g/mol. The zero-order valence-corrected chi connectivity index (χ0v) is 18.5. The van der Waals surface area contributed by atoms with E-state index in [1.807, 2.05) is 31.2 Å². The summed E-state index contributed by atoms with van der Waals surface area (Å²) < 4.78 is 16.6. The van der Waals surface area contributed by atoms with E-state index in [0.29, 0.717) is 31.1 Å². The van der Waals surface area contributed by atoms with Crippen LogP contribution in [-0.2, 0) is 16.1 Å². The lowest BCUT2D eigenvalue weighted by Gasteiger charge is -2.26. The maximum Gasteiger partial charge on any atom is 0.251 e. The maximum atomic E-state index is 12.2. The van der Waals surface area contributed by atoms with Crippen LogP contribution in [0.1, 0.15) is 22.8 Å². The van der Waals surface area contributed by atoms with Crippen LogP contribution in [0.15, 0.2) is 48.5 Å². The van der Waals surface area contributed by atoms with Crippen molar-refractivity contribution in [2.45, 2.75) is 13.5 Å². The lowest BCUT2D eigenvalue weighted by atomic mass is 10.2. The Hall–Kier alpha value is -3.10. The molecule has 1 saturated heterocycles. The van der Waals surface area contributed by atoms with Gasteiger partial charge in [0.1, 0.15) is 18.1 Å². The largest absolute Gasteiger partial charge is 0.494 e. The molecular weight excluding hydrogens is 410 g/mol. The number of carbonyl (C=O) groups is 2. The number of nitrogens with one attached hydrogen (secondary N) is 2. The summed E-state index contributed by atoms with van der Waals surface area (Å²) in [6.45, 7) is 7.61. The minimum absolute atomic E-state index is 0.0955. The van der Waals surface area contributed by atoms with Crippen LogP contribution in [0, 0.1) is 0 Å². The number of ether oxygens (including phenoxy) is 3. The van der Waals surface area contributed by atoms with Crippen LogP contribution < -0.4 is 20.1 Å². The molecular formula is C24H31N3O5. The quantitative estimate of drug-likeness (QED) is 0.553. The zero-order valence-electron chi connectivity index (χ0n) is 18.5. The van der Waals surface area contributed by atoms with Crippen molar-refractivity contribution in [2.75, 3.05) is 52.6 Å². The molecule has 0 unspecified atom stereocenters. The third-order valence-corrected chi connectivity index (χ3v) is 5.01. The van der Waals surface area contributed by atoms with E-state index >= 15 is 0 Å². The van der Waals surface area contributed by atoms with Gasteiger partial charge in [0.2, 0.25) is 5.91 Å². The molecule has 32 heavy (non-hydrogen) atoms. The van der Waals surface area contributed by atoms with Crippen molar-refractivity contribution in [3.63, 3.8) is 0 Å². The van der Waals surface area contributed by atoms with Gasteiger partial charge in [0.25, 0.3) is 5.91 Å². The summed E-state index contributed by atoms with van der Waals surface area (Å²) in [7, 11) is 0. The Morgan fingerprint density at radius 1 is 1.00 bits per heavy atom. The maximum absolute atomic E-state index is 12.2. The molecule has 0 saturated carbocycles. The minimum atomic E-state index is -0.307. The van der Waals surface area contributed by atoms with Gasteiger partial charge >= 0.3 is 0 Å². The highest BCUT2D eigenvalue weighted by Gasteiger charge is 2.10. The second kappa shape index (κ2) is 12.7. The summed E-state index contributed by atoms with van der Waals surface area (Å²) >= 11 is 0. The molecule has 0 aliphatic carbocycles. The van der Waals surface area contributed by atoms with Gasteiger partial charge in [-0.15, -0.1) is 0 Å². The van der Waals surface area contributed by atoms with E-state index in [4.69, 9.17) is 14.2 Å².